The molecule has 1 aliphatic carbocycles. The van der Waals surface area contributed by atoms with E-state index in [2.05, 4.69) is 10.6 Å². The number of halogens is 2. The summed E-state index contributed by atoms with van der Waals surface area (Å²) in [7, 11) is 0. The molecule has 0 radical (unpaired) electrons. The number of amides is 1. The second-order valence-electron chi connectivity index (χ2n) is 8.19. The summed E-state index contributed by atoms with van der Waals surface area (Å²) in [6, 6.07) is 14.7. The number of rotatable bonds is 5. The van der Waals surface area contributed by atoms with E-state index >= 15 is 0 Å². The fourth-order valence-electron chi connectivity index (χ4n) is 4.26. The van der Waals surface area contributed by atoms with E-state index in [1.165, 1.54) is 16.7 Å². The van der Waals surface area contributed by atoms with E-state index in [0.29, 0.717) is 34.4 Å². The van der Waals surface area contributed by atoms with Gasteiger partial charge in [0, 0.05) is 17.5 Å². The Hall–Kier alpha value is -3.56. The van der Waals surface area contributed by atoms with Crippen LogP contribution in [0.2, 0.25) is 0 Å². The highest BCUT2D eigenvalue weighted by Crippen LogP contribution is 2.38. The lowest BCUT2D eigenvalue weighted by molar-refractivity contribution is 0.0878. The molecule has 2 aromatic heterocycles. The molecular formula is C25H21F2N3O3S. The van der Waals surface area contributed by atoms with Gasteiger partial charge in [-0.15, -0.1) is 11.3 Å². The number of carbonyl (C=O) groups is 1. The maximum atomic E-state index is 14.5. The first kappa shape index (κ1) is 22.2. The molecule has 1 saturated carbocycles. The summed E-state index contributed by atoms with van der Waals surface area (Å²) in [4.78, 5) is 26.8. The molecule has 1 fully saturated rings. The van der Waals surface area contributed by atoms with Gasteiger partial charge in [0.25, 0.3) is 11.5 Å². The number of aliphatic hydroxyl groups is 1. The van der Waals surface area contributed by atoms with Crippen LogP contribution < -0.4 is 16.2 Å². The van der Waals surface area contributed by atoms with Gasteiger partial charge in [-0.3, -0.25) is 14.2 Å². The monoisotopic (exact) mass is 481 g/mol. The van der Waals surface area contributed by atoms with E-state index in [9.17, 15) is 23.5 Å². The fourth-order valence-corrected chi connectivity index (χ4v) is 5.43. The molecule has 2 heterocycles. The molecule has 34 heavy (non-hydrogen) atoms. The molecule has 9 heteroatoms. The van der Waals surface area contributed by atoms with Gasteiger partial charge in [-0.25, -0.2) is 8.78 Å². The first-order valence-corrected chi connectivity index (χ1v) is 11.7. The molecule has 6 nitrogen and oxygen atoms in total. The number of thiophene rings is 1. The van der Waals surface area contributed by atoms with Crippen molar-refractivity contribution in [3.8, 4) is 5.69 Å². The molecule has 0 bridgehead atoms. The molecule has 1 amide bonds. The lowest BCUT2D eigenvalue weighted by atomic mass is 10.2. The first-order valence-electron chi connectivity index (χ1n) is 10.9. The van der Waals surface area contributed by atoms with Crippen molar-refractivity contribution >= 4 is 38.8 Å². The quantitative estimate of drug-likeness (QED) is 0.385. The average molecular weight is 482 g/mol. The normalized spacial score (nSPS) is 17.7. The predicted molar refractivity (Wildman–Crippen MR) is 128 cm³/mol. The van der Waals surface area contributed by atoms with E-state index in [4.69, 9.17) is 0 Å². The molecule has 2 atom stereocenters. The van der Waals surface area contributed by atoms with Crippen LogP contribution in [0.4, 0.5) is 20.2 Å². The van der Waals surface area contributed by atoms with Gasteiger partial charge in [0.05, 0.1) is 29.2 Å². The minimum Gasteiger partial charge on any atom is -0.391 e. The fraction of sp³-hybridized carbons (Fsp3) is 0.200. The van der Waals surface area contributed by atoms with Crippen LogP contribution in [0.25, 0.3) is 15.9 Å². The van der Waals surface area contributed by atoms with E-state index in [1.54, 1.807) is 30.3 Å². The predicted octanol–water partition coefficient (Wildman–Crippen LogP) is 4.72. The number of para-hydroxylation sites is 1. The minimum atomic E-state index is -0.812. The van der Waals surface area contributed by atoms with E-state index < -0.39 is 23.6 Å². The van der Waals surface area contributed by atoms with Crippen LogP contribution >= 0.6 is 11.3 Å². The van der Waals surface area contributed by atoms with Crippen molar-refractivity contribution in [1.82, 2.24) is 9.88 Å². The molecule has 1 aliphatic rings. The Morgan fingerprint density at radius 1 is 1.06 bits per heavy atom. The highest BCUT2D eigenvalue weighted by molar-refractivity contribution is 7.21. The van der Waals surface area contributed by atoms with Crippen molar-refractivity contribution in [2.75, 3.05) is 5.32 Å². The number of anilines is 2. The summed E-state index contributed by atoms with van der Waals surface area (Å²) in [5.41, 5.74) is 0.642. The maximum Gasteiger partial charge on any atom is 0.263 e. The van der Waals surface area contributed by atoms with E-state index in [-0.39, 0.29) is 22.2 Å². The topological polar surface area (TPSA) is 83.4 Å². The van der Waals surface area contributed by atoms with Gasteiger partial charge in [-0.2, -0.15) is 0 Å². The summed E-state index contributed by atoms with van der Waals surface area (Å²) >= 11 is 1.09. The minimum absolute atomic E-state index is 0.00601. The lowest BCUT2D eigenvalue weighted by Crippen LogP contribution is -2.39. The first-order chi connectivity index (χ1) is 16.4. The third-order valence-electron chi connectivity index (χ3n) is 5.95. The molecule has 0 unspecified atom stereocenters. The van der Waals surface area contributed by atoms with Crippen LogP contribution in [0, 0.1) is 11.6 Å². The van der Waals surface area contributed by atoms with Crippen molar-refractivity contribution in [2.45, 2.75) is 31.4 Å². The third kappa shape index (κ3) is 4.08. The average Bonchev–Trinajstić information content (AvgIpc) is 3.39. The lowest BCUT2D eigenvalue weighted by Gasteiger charge is -2.16. The zero-order valence-electron chi connectivity index (χ0n) is 17.9. The third-order valence-corrected chi connectivity index (χ3v) is 7.14. The molecular weight excluding hydrogens is 460 g/mol. The largest absolute Gasteiger partial charge is 0.391 e. The Morgan fingerprint density at radius 3 is 2.56 bits per heavy atom. The molecule has 0 saturated heterocycles. The summed E-state index contributed by atoms with van der Waals surface area (Å²) in [5.74, 6) is -1.97. The van der Waals surface area contributed by atoms with Gasteiger partial charge in [0.15, 0.2) is 0 Å². The van der Waals surface area contributed by atoms with Crippen LogP contribution in [0.1, 0.15) is 28.9 Å². The van der Waals surface area contributed by atoms with Crippen LogP contribution in [0.15, 0.2) is 65.5 Å². The van der Waals surface area contributed by atoms with Crippen LogP contribution in [0.5, 0.6) is 0 Å². The van der Waals surface area contributed by atoms with Crippen molar-refractivity contribution in [1.29, 1.82) is 0 Å². The van der Waals surface area contributed by atoms with Crippen molar-refractivity contribution < 1.29 is 18.7 Å². The number of pyridine rings is 1. The second-order valence-corrected chi connectivity index (χ2v) is 9.19. The summed E-state index contributed by atoms with van der Waals surface area (Å²) < 4.78 is 29.4. The molecule has 2 aromatic carbocycles. The number of hydrogen-bond acceptors (Lipinski definition) is 5. The van der Waals surface area contributed by atoms with Crippen molar-refractivity contribution in [3.05, 3.63) is 87.5 Å². The highest BCUT2D eigenvalue weighted by atomic mass is 32.1. The van der Waals surface area contributed by atoms with Gasteiger partial charge in [-0.1, -0.05) is 18.2 Å². The van der Waals surface area contributed by atoms with E-state index in [1.807, 2.05) is 6.07 Å². The maximum absolute atomic E-state index is 14.5. The van der Waals surface area contributed by atoms with Crippen LogP contribution in [0.3, 0.4) is 0 Å². The molecule has 3 N–H and O–H groups in total. The molecule has 0 spiro atoms. The number of aromatic nitrogens is 1. The van der Waals surface area contributed by atoms with Crippen LogP contribution in [-0.4, -0.2) is 27.7 Å². The SMILES string of the molecule is O=C(N[C@H]1CCC[C@H]1O)c1sc2c(ccc(=O)n2-c2ccccc2)c1Nc1ccc(F)cc1F. The highest BCUT2D eigenvalue weighted by Gasteiger charge is 2.29. The smallest absolute Gasteiger partial charge is 0.263 e. The van der Waals surface area contributed by atoms with E-state index in [0.717, 1.165) is 29.9 Å². The number of fused-ring (bicyclic) bond motifs is 1. The summed E-state index contributed by atoms with van der Waals surface area (Å²) in [6.07, 6.45) is 1.43. The number of nitrogens with one attached hydrogen (secondary N) is 2. The Morgan fingerprint density at radius 2 is 1.85 bits per heavy atom. The molecule has 174 valence electrons. The van der Waals surface area contributed by atoms with Crippen molar-refractivity contribution in [3.63, 3.8) is 0 Å². The van der Waals surface area contributed by atoms with Crippen LogP contribution in [-0.2, 0) is 0 Å². The number of carbonyl (C=O) groups excluding carboxylic acids is 1. The van der Waals surface area contributed by atoms with Gasteiger partial charge in [-0.05, 0) is 49.6 Å². The number of hydrogen-bond donors (Lipinski definition) is 3. The Bertz CT molecular complexity index is 1430. The Labute approximate surface area is 197 Å². The summed E-state index contributed by atoms with van der Waals surface area (Å²) in [5, 5.41) is 16.5. The van der Waals surface area contributed by atoms with Gasteiger partial charge in [0.1, 0.15) is 21.3 Å². The zero-order chi connectivity index (χ0) is 23.8. The number of aliphatic hydroxyl groups excluding tert-OH is 1. The Kier molecular flexibility index (Phi) is 5.89. The van der Waals surface area contributed by atoms with Gasteiger partial charge < -0.3 is 15.7 Å². The summed E-state index contributed by atoms with van der Waals surface area (Å²) in [6.45, 7) is 0. The Balaban J connectivity index is 1.67. The number of benzene rings is 2. The molecule has 0 aliphatic heterocycles. The second kappa shape index (κ2) is 9.00. The molecule has 4 aromatic rings. The zero-order valence-corrected chi connectivity index (χ0v) is 18.7. The number of nitrogens with zero attached hydrogens (tertiary/aromatic N) is 1. The van der Waals surface area contributed by atoms with Gasteiger partial charge in [0.2, 0.25) is 0 Å². The van der Waals surface area contributed by atoms with Gasteiger partial charge >= 0.3 is 0 Å². The molecule has 5 rings (SSSR count). The standard InChI is InChI=1S/C25H21F2N3O3S/c26-14-9-11-18(17(27)13-14)28-22-16-10-12-21(32)30(15-5-2-1-3-6-15)25(16)34-23(22)24(33)29-19-7-4-8-20(19)31/h1-3,5-6,9-13,19-20,28,31H,4,7-8H2,(H,29,33)/t19-,20+/m0/s1. The van der Waals surface area contributed by atoms with Crippen molar-refractivity contribution in [2.24, 2.45) is 0 Å².